The summed E-state index contributed by atoms with van der Waals surface area (Å²) < 4.78 is 68.6. The molecular formula is C18H12F5N3. The largest absolute Gasteiger partial charge is 0.418 e. The predicted octanol–water partition coefficient (Wildman–Crippen LogP) is 4.80. The zero-order valence-electron chi connectivity index (χ0n) is 13.2. The molecule has 0 saturated carbocycles. The molecule has 0 fully saturated rings. The van der Waals surface area contributed by atoms with Gasteiger partial charge in [0.2, 0.25) is 0 Å². The first-order chi connectivity index (χ1) is 12.4. The molecule has 0 atom stereocenters. The van der Waals surface area contributed by atoms with Crippen molar-refractivity contribution in [3.8, 4) is 16.9 Å². The lowest BCUT2D eigenvalue weighted by atomic mass is 10.1. The number of aromatic nitrogens is 2. The number of para-hydroxylation sites is 1. The summed E-state index contributed by atoms with van der Waals surface area (Å²) >= 11 is 0. The minimum atomic E-state index is -4.56. The zero-order chi connectivity index (χ0) is 18.5. The van der Waals surface area contributed by atoms with Gasteiger partial charge in [-0.3, -0.25) is 0 Å². The highest BCUT2D eigenvalue weighted by atomic mass is 19.4. The number of halogens is 5. The van der Waals surface area contributed by atoms with Gasteiger partial charge in [0, 0.05) is 23.7 Å². The lowest BCUT2D eigenvalue weighted by Crippen LogP contribution is -2.13. The fraction of sp³-hybridized carbons (Fsp3) is 0.167. The number of hydrogen-bond donors (Lipinski definition) is 1. The maximum Gasteiger partial charge on any atom is 0.418 e. The van der Waals surface area contributed by atoms with Gasteiger partial charge in [0.1, 0.15) is 23.1 Å². The van der Waals surface area contributed by atoms with E-state index in [0.717, 1.165) is 22.9 Å². The molecule has 2 heterocycles. The Hall–Kier alpha value is -2.90. The molecule has 0 radical (unpaired) electrons. The molecule has 3 nitrogen and oxygen atoms in total. The van der Waals surface area contributed by atoms with E-state index in [2.05, 4.69) is 10.4 Å². The molecule has 0 aliphatic carbocycles. The highest BCUT2D eigenvalue weighted by molar-refractivity contribution is 5.73. The van der Waals surface area contributed by atoms with Crippen molar-refractivity contribution >= 4 is 5.82 Å². The van der Waals surface area contributed by atoms with Gasteiger partial charge in [0.25, 0.3) is 0 Å². The molecule has 0 unspecified atom stereocenters. The summed E-state index contributed by atoms with van der Waals surface area (Å²) in [7, 11) is 0. The maximum atomic E-state index is 14.2. The van der Waals surface area contributed by atoms with Crippen molar-refractivity contribution in [3.05, 3.63) is 65.2 Å². The van der Waals surface area contributed by atoms with E-state index in [1.807, 2.05) is 0 Å². The lowest BCUT2D eigenvalue weighted by molar-refractivity contribution is -0.137. The fourth-order valence-electron chi connectivity index (χ4n) is 3.14. The molecule has 0 spiro atoms. The number of nitrogens with one attached hydrogen (secondary N) is 1. The molecule has 3 aromatic rings. The Labute approximate surface area is 145 Å². The zero-order valence-corrected chi connectivity index (χ0v) is 13.2. The van der Waals surface area contributed by atoms with Gasteiger partial charge in [-0.15, -0.1) is 0 Å². The van der Waals surface area contributed by atoms with Crippen LogP contribution in [0.25, 0.3) is 16.9 Å². The van der Waals surface area contributed by atoms with Crippen LogP contribution >= 0.6 is 0 Å². The summed E-state index contributed by atoms with van der Waals surface area (Å²) in [6, 6.07) is 8.11. The summed E-state index contributed by atoms with van der Waals surface area (Å²) in [5.41, 5.74) is -0.133. The van der Waals surface area contributed by atoms with E-state index >= 15 is 0 Å². The molecule has 8 heteroatoms. The van der Waals surface area contributed by atoms with E-state index < -0.39 is 23.4 Å². The number of benzene rings is 2. The van der Waals surface area contributed by atoms with Gasteiger partial charge in [-0.1, -0.05) is 12.1 Å². The van der Waals surface area contributed by atoms with Crippen molar-refractivity contribution < 1.29 is 22.0 Å². The highest BCUT2D eigenvalue weighted by Gasteiger charge is 2.35. The van der Waals surface area contributed by atoms with Crippen LogP contribution < -0.4 is 5.32 Å². The number of fused-ring (bicyclic) bond motifs is 1. The Morgan fingerprint density at radius 2 is 1.81 bits per heavy atom. The molecule has 1 N–H and O–H groups in total. The molecule has 26 heavy (non-hydrogen) atoms. The van der Waals surface area contributed by atoms with Crippen molar-refractivity contribution in [2.45, 2.75) is 12.6 Å². The molecule has 0 amide bonds. The van der Waals surface area contributed by atoms with Crippen LogP contribution in [0.15, 0.2) is 42.5 Å². The Bertz CT molecular complexity index is 991. The molecule has 1 aliphatic heterocycles. The monoisotopic (exact) mass is 365 g/mol. The van der Waals surface area contributed by atoms with Crippen molar-refractivity contribution in [1.29, 1.82) is 0 Å². The van der Waals surface area contributed by atoms with E-state index in [1.165, 1.54) is 24.3 Å². The van der Waals surface area contributed by atoms with Crippen LogP contribution in [0, 0.1) is 11.6 Å². The first-order valence-electron chi connectivity index (χ1n) is 7.84. The van der Waals surface area contributed by atoms with Gasteiger partial charge >= 0.3 is 6.18 Å². The minimum absolute atomic E-state index is 0.0505. The van der Waals surface area contributed by atoms with Crippen molar-refractivity contribution in [2.24, 2.45) is 0 Å². The van der Waals surface area contributed by atoms with Gasteiger partial charge in [-0.05, 0) is 30.7 Å². The van der Waals surface area contributed by atoms with E-state index in [0.29, 0.717) is 24.3 Å². The standard InChI is InChI=1S/C18H12F5N3/c19-10-5-6-11(14(20)9-10)16-12-7-8-24-17(12)26(25-16)15-4-2-1-3-13(15)18(21,22)23/h1-6,9,24H,7-8H2. The summed E-state index contributed by atoms with van der Waals surface area (Å²) in [5.74, 6) is -1.16. The fourth-order valence-corrected chi connectivity index (χ4v) is 3.14. The van der Waals surface area contributed by atoms with Gasteiger partial charge in [-0.25, -0.2) is 13.5 Å². The van der Waals surface area contributed by atoms with Crippen LogP contribution in [0.3, 0.4) is 0 Å². The predicted molar refractivity (Wildman–Crippen MR) is 86.1 cm³/mol. The maximum absolute atomic E-state index is 14.2. The van der Waals surface area contributed by atoms with Gasteiger partial charge < -0.3 is 5.32 Å². The van der Waals surface area contributed by atoms with E-state index in [4.69, 9.17) is 0 Å². The van der Waals surface area contributed by atoms with Crippen LogP contribution in [0.4, 0.5) is 27.8 Å². The van der Waals surface area contributed by atoms with Gasteiger partial charge in [0.15, 0.2) is 0 Å². The van der Waals surface area contributed by atoms with Gasteiger partial charge in [0.05, 0.1) is 11.3 Å². The molecule has 1 aliphatic rings. The third-order valence-corrected chi connectivity index (χ3v) is 4.27. The van der Waals surface area contributed by atoms with Crippen molar-refractivity contribution in [3.63, 3.8) is 0 Å². The SMILES string of the molecule is Fc1ccc(-c2nn(-c3ccccc3C(F)(F)F)c3c2CCN3)c(F)c1. The summed E-state index contributed by atoms with van der Waals surface area (Å²) in [6.07, 6.45) is -4.08. The van der Waals surface area contributed by atoms with Crippen LogP contribution in [0.5, 0.6) is 0 Å². The molecule has 2 aromatic carbocycles. The first kappa shape index (κ1) is 16.6. The summed E-state index contributed by atoms with van der Waals surface area (Å²) in [4.78, 5) is 0. The third-order valence-electron chi connectivity index (χ3n) is 4.27. The second kappa shape index (κ2) is 5.82. The number of nitrogens with zero attached hydrogens (tertiary/aromatic N) is 2. The quantitative estimate of drug-likeness (QED) is 0.661. The normalized spacial score (nSPS) is 13.6. The van der Waals surface area contributed by atoms with Crippen molar-refractivity contribution in [2.75, 3.05) is 11.9 Å². The number of anilines is 1. The van der Waals surface area contributed by atoms with Crippen LogP contribution in [-0.2, 0) is 12.6 Å². The topological polar surface area (TPSA) is 29.9 Å². The van der Waals surface area contributed by atoms with E-state index in [-0.39, 0.29) is 16.9 Å². The molecule has 134 valence electrons. The Kier molecular flexibility index (Phi) is 3.71. The second-order valence-electron chi connectivity index (χ2n) is 5.90. The van der Waals surface area contributed by atoms with Crippen LogP contribution in [0.1, 0.15) is 11.1 Å². The Morgan fingerprint density at radius 1 is 1.04 bits per heavy atom. The number of rotatable bonds is 2. The molecule has 4 rings (SSSR count). The van der Waals surface area contributed by atoms with E-state index in [1.54, 1.807) is 0 Å². The number of alkyl halides is 3. The molecule has 0 bridgehead atoms. The second-order valence-corrected chi connectivity index (χ2v) is 5.90. The summed E-state index contributed by atoms with van der Waals surface area (Å²) in [6.45, 7) is 0.497. The van der Waals surface area contributed by atoms with Gasteiger partial charge in [-0.2, -0.15) is 18.3 Å². The highest BCUT2D eigenvalue weighted by Crippen LogP contribution is 2.39. The molecule has 0 saturated heterocycles. The van der Waals surface area contributed by atoms with Crippen molar-refractivity contribution in [1.82, 2.24) is 9.78 Å². The lowest BCUT2D eigenvalue weighted by Gasteiger charge is -2.14. The molecule has 1 aromatic heterocycles. The number of hydrogen-bond acceptors (Lipinski definition) is 2. The average molecular weight is 365 g/mol. The van der Waals surface area contributed by atoms with E-state index in [9.17, 15) is 22.0 Å². The minimum Gasteiger partial charge on any atom is -0.369 e. The van der Waals surface area contributed by atoms with Crippen LogP contribution in [-0.4, -0.2) is 16.3 Å². The average Bonchev–Trinajstić information content (AvgIpc) is 3.17. The smallest absolute Gasteiger partial charge is 0.369 e. The Morgan fingerprint density at radius 3 is 2.54 bits per heavy atom. The molecular weight excluding hydrogens is 353 g/mol. The third kappa shape index (κ3) is 2.61. The first-order valence-corrected chi connectivity index (χ1v) is 7.84. The Balaban J connectivity index is 1.94. The summed E-state index contributed by atoms with van der Waals surface area (Å²) in [5, 5.41) is 7.23. The van der Waals surface area contributed by atoms with Crippen LogP contribution in [0.2, 0.25) is 0 Å².